The first-order valence-electron chi connectivity index (χ1n) is 11.2. The van der Waals surface area contributed by atoms with E-state index in [4.69, 9.17) is 13.6 Å². The van der Waals surface area contributed by atoms with Gasteiger partial charge in [0.25, 0.3) is 5.91 Å². The summed E-state index contributed by atoms with van der Waals surface area (Å²) < 4.78 is 16.4. The molecule has 0 N–H and O–H groups in total. The maximum Gasteiger partial charge on any atom is 0.338 e. The molecule has 0 atom stereocenters. The van der Waals surface area contributed by atoms with Gasteiger partial charge in [-0.2, -0.15) is 0 Å². The van der Waals surface area contributed by atoms with Crippen molar-refractivity contribution in [3.05, 3.63) is 107 Å². The van der Waals surface area contributed by atoms with Gasteiger partial charge in [0.15, 0.2) is 5.17 Å². The minimum Gasteiger partial charge on any atom is -0.467 e. The second-order valence-corrected chi connectivity index (χ2v) is 8.99. The number of thioether (sulfide) groups is 1. The maximum atomic E-state index is 13.3. The van der Waals surface area contributed by atoms with Crippen LogP contribution >= 0.6 is 11.8 Å². The second kappa shape index (κ2) is 10.1. The van der Waals surface area contributed by atoms with Crippen LogP contribution in [0.25, 0.3) is 17.4 Å². The fourth-order valence-corrected chi connectivity index (χ4v) is 4.82. The first-order chi connectivity index (χ1) is 17.5. The number of nitrogens with zero attached hydrogens (tertiary/aromatic N) is 2. The summed E-state index contributed by atoms with van der Waals surface area (Å²) in [6, 6.07) is 22.1. The van der Waals surface area contributed by atoms with Crippen LogP contribution in [0, 0.1) is 6.92 Å². The van der Waals surface area contributed by atoms with Gasteiger partial charge < -0.3 is 13.6 Å². The molecule has 2 aromatic heterocycles. The molecule has 5 rings (SSSR count). The standard InChI is InChI=1S/C28H22N2O5S/c1-18-22(11-6-12-23(18)27(32)33-2)24-14-13-20(35-24)16-25-26(31)30(17-21-10-7-15-34-21)28(36-25)29-19-8-4-3-5-9-19/h3-16H,17H2,1-2H3/b25-16-,29-28?. The molecule has 0 saturated carbocycles. The van der Waals surface area contributed by atoms with Gasteiger partial charge in [-0.25, -0.2) is 9.79 Å². The Balaban J connectivity index is 1.46. The van der Waals surface area contributed by atoms with Crippen molar-refractivity contribution in [2.75, 3.05) is 7.11 Å². The van der Waals surface area contributed by atoms with Crippen molar-refractivity contribution in [3.63, 3.8) is 0 Å². The highest BCUT2D eigenvalue weighted by molar-refractivity contribution is 8.18. The largest absolute Gasteiger partial charge is 0.467 e. The Morgan fingerprint density at radius 3 is 2.64 bits per heavy atom. The highest BCUT2D eigenvalue weighted by Crippen LogP contribution is 2.36. The third kappa shape index (κ3) is 4.76. The van der Waals surface area contributed by atoms with Crippen LogP contribution in [0.15, 0.2) is 97.8 Å². The summed E-state index contributed by atoms with van der Waals surface area (Å²) in [5.74, 6) is 1.17. The van der Waals surface area contributed by atoms with E-state index in [1.807, 2.05) is 55.5 Å². The Bertz CT molecular complexity index is 1470. The number of hydrogen-bond acceptors (Lipinski definition) is 7. The van der Waals surface area contributed by atoms with Crippen molar-refractivity contribution < 1.29 is 23.2 Å². The Morgan fingerprint density at radius 2 is 1.89 bits per heavy atom. The fourth-order valence-electron chi connectivity index (χ4n) is 3.84. The molecule has 2 aromatic carbocycles. The highest BCUT2D eigenvalue weighted by atomic mass is 32.2. The number of hydrogen-bond donors (Lipinski definition) is 0. The van der Waals surface area contributed by atoms with E-state index in [9.17, 15) is 9.59 Å². The molecule has 3 heterocycles. The zero-order chi connectivity index (χ0) is 25.1. The molecule has 0 spiro atoms. The van der Waals surface area contributed by atoms with Gasteiger partial charge in [0, 0.05) is 11.6 Å². The zero-order valence-corrected chi connectivity index (χ0v) is 20.5. The van der Waals surface area contributed by atoms with Crippen molar-refractivity contribution in [1.29, 1.82) is 0 Å². The summed E-state index contributed by atoms with van der Waals surface area (Å²) in [4.78, 5) is 32.2. The Labute approximate surface area is 212 Å². The predicted molar refractivity (Wildman–Crippen MR) is 139 cm³/mol. The summed E-state index contributed by atoms with van der Waals surface area (Å²) in [6.45, 7) is 2.11. The van der Waals surface area contributed by atoms with E-state index in [2.05, 4.69) is 4.99 Å². The lowest BCUT2D eigenvalue weighted by Crippen LogP contribution is -2.28. The highest BCUT2D eigenvalue weighted by Gasteiger charge is 2.34. The van der Waals surface area contributed by atoms with Crippen LogP contribution in [-0.4, -0.2) is 29.1 Å². The molecular formula is C28H22N2O5S. The molecule has 1 aliphatic rings. The summed E-state index contributed by atoms with van der Waals surface area (Å²) in [7, 11) is 1.35. The molecule has 1 aliphatic heterocycles. The predicted octanol–water partition coefficient (Wildman–Crippen LogP) is 6.44. The number of furan rings is 2. The third-order valence-electron chi connectivity index (χ3n) is 5.67. The maximum absolute atomic E-state index is 13.3. The van der Waals surface area contributed by atoms with Crippen molar-refractivity contribution in [3.8, 4) is 11.3 Å². The van der Waals surface area contributed by atoms with Gasteiger partial charge in [0.05, 0.1) is 36.1 Å². The van der Waals surface area contributed by atoms with Crippen LogP contribution in [0.5, 0.6) is 0 Å². The molecule has 0 unspecified atom stereocenters. The van der Waals surface area contributed by atoms with Crippen LogP contribution in [0.2, 0.25) is 0 Å². The number of esters is 1. The van der Waals surface area contributed by atoms with E-state index in [1.54, 1.807) is 41.5 Å². The quantitative estimate of drug-likeness (QED) is 0.225. The fraction of sp³-hybridized carbons (Fsp3) is 0.107. The number of carbonyl (C=O) groups is 2. The molecule has 36 heavy (non-hydrogen) atoms. The monoisotopic (exact) mass is 498 g/mol. The van der Waals surface area contributed by atoms with Crippen LogP contribution in [0.4, 0.5) is 5.69 Å². The van der Waals surface area contributed by atoms with E-state index in [0.717, 1.165) is 16.8 Å². The van der Waals surface area contributed by atoms with Gasteiger partial charge in [-0.1, -0.05) is 30.3 Å². The number of amides is 1. The summed E-state index contributed by atoms with van der Waals surface area (Å²) in [5.41, 5.74) is 2.76. The lowest BCUT2D eigenvalue weighted by atomic mass is 10.0. The number of para-hydroxylation sites is 1. The van der Waals surface area contributed by atoms with Gasteiger partial charge >= 0.3 is 5.97 Å². The SMILES string of the molecule is COC(=O)c1cccc(-c2ccc(/C=C3\SC(=Nc4ccccc4)N(Cc4ccco4)C3=O)o2)c1C. The number of amidine groups is 1. The van der Waals surface area contributed by atoms with Crippen LogP contribution in [-0.2, 0) is 16.1 Å². The lowest BCUT2D eigenvalue weighted by Gasteiger charge is -2.13. The zero-order valence-electron chi connectivity index (χ0n) is 19.6. The molecule has 1 saturated heterocycles. The van der Waals surface area contributed by atoms with Gasteiger partial charge in [0.1, 0.15) is 17.3 Å². The number of aliphatic imine (C=N–C) groups is 1. The summed E-state index contributed by atoms with van der Waals surface area (Å²) >= 11 is 1.28. The van der Waals surface area contributed by atoms with Crippen molar-refractivity contribution in [2.24, 2.45) is 4.99 Å². The Morgan fingerprint density at radius 1 is 1.06 bits per heavy atom. The minimum atomic E-state index is -0.405. The average molecular weight is 499 g/mol. The number of rotatable bonds is 6. The van der Waals surface area contributed by atoms with E-state index in [-0.39, 0.29) is 12.5 Å². The summed E-state index contributed by atoms with van der Waals surface area (Å²) in [5, 5.41) is 0.558. The lowest BCUT2D eigenvalue weighted by molar-refractivity contribution is -0.122. The molecule has 0 radical (unpaired) electrons. The van der Waals surface area contributed by atoms with Gasteiger partial charge in [-0.3, -0.25) is 9.69 Å². The van der Waals surface area contributed by atoms with Crippen molar-refractivity contribution in [2.45, 2.75) is 13.5 Å². The Hall–Kier alpha value is -4.30. The Kier molecular flexibility index (Phi) is 6.60. The second-order valence-electron chi connectivity index (χ2n) is 7.98. The first-order valence-corrected chi connectivity index (χ1v) is 12.0. The molecule has 0 bridgehead atoms. The van der Waals surface area contributed by atoms with Crippen LogP contribution in [0.3, 0.4) is 0 Å². The molecule has 1 amide bonds. The molecule has 4 aromatic rings. The van der Waals surface area contributed by atoms with E-state index < -0.39 is 5.97 Å². The minimum absolute atomic E-state index is 0.187. The van der Waals surface area contributed by atoms with Crippen LogP contribution < -0.4 is 0 Å². The third-order valence-corrected chi connectivity index (χ3v) is 6.67. The summed E-state index contributed by atoms with van der Waals surface area (Å²) in [6.07, 6.45) is 3.29. The average Bonchev–Trinajstić information content (AvgIpc) is 3.64. The van der Waals surface area contributed by atoms with Crippen molar-refractivity contribution in [1.82, 2.24) is 4.90 Å². The smallest absolute Gasteiger partial charge is 0.338 e. The molecule has 0 aliphatic carbocycles. The molecule has 7 nitrogen and oxygen atoms in total. The topological polar surface area (TPSA) is 85.2 Å². The van der Waals surface area contributed by atoms with Gasteiger partial charge in [0.2, 0.25) is 0 Å². The first kappa shape index (κ1) is 23.4. The molecular weight excluding hydrogens is 476 g/mol. The van der Waals surface area contributed by atoms with Gasteiger partial charge in [-0.05, 0) is 66.7 Å². The van der Waals surface area contributed by atoms with Crippen molar-refractivity contribution >= 4 is 40.6 Å². The van der Waals surface area contributed by atoms with E-state index in [0.29, 0.717) is 32.9 Å². The molecule has 1 fully saturated rings. The number of benzene rings is 2. The number of ether oxygens (including phenoxy) is 1. The van der Waals surface area contributed by atoms with E-state index >= 15 is 0 Å². The molecule has 180 valence electrons. The molecule has 8 heteroatoms. The number of methoxy groups -OCH3 is 1. The normalized spacial score (nSPS) is 15.7. The number of carbonyl (C=O) groups excluding carboxylic acids is 2. The van der Waals surface area contributed by atoms with Crippen LogP contribution in [0.1, 0.15) is 27.4 Å². The van der Waals surface area contributed by atoms with Gasteiger partial charge in [-0.15, -0.1) is 0 Å². The van der Waals surface area contributed by atoms with E-state index in [1.165, 1.54) is 18.9 Å².